The molecule has 2 aromatic rings. The van der Waals surface area contributed by atoms with Gasteiger partial charge in [0.15, 0.2) is 0 Å². The molecule has 2 fully saturated rings. The van der Waals surface area contributed by atoms with Crippen LogP contribution in [-0.2, 0) is 9.53 Å². The fourth-order valence-electron chi connectivity index (χ4n) is 7.48. The van der Waals surface area contributed by atoms with E-state index in [0.29, 0.717) is 17.6 Å². The molecule has 5 nitrogen and oxygen atoms in total. The van der Waals surface area contributed by atoms with Crippen LogP contribution in [0.15, 0.2) is 18.2 Å². The van der Waals surface area contributed by atoms with Crippen molar-refractivity contribution in [2.24, 2.45) is 11.8 Å². The first kappa shape index (κ1) is 23.1. The summed E-state index contributed by atoms with van der Waals surface area (Å²) >= 11 is 0. The summed E-state index contributed by atoms with van der Waals surface area (Å²) in [7, 11) is 0. The minimum atomic E-state index is -0.186. The number of hydrogen-bond donors (Lipinski definition) is 0. The van der Waals surface area contributed by atoms with E-state index in [1.165, 1.54) is 22.9 Å². The molecule has 6 rings (SSSR count). The standard InChI is InChI=1S/C27H34N2O3.BrH/c1-4-12-28-14-16(17-8-5-6-11-21(17)30)13-19-18-9-7-10-20-22(18)23-25(29(20)15(2)3)27(31)32-26(23)24(19)28;/h7,9-10,15-17,19,24,26H,4-6,8,11-14H2,1-3H3;1H/t16-,17?,19?,24+,26?;/m1./s1. The largest absolute Gasteiger partial charge is 0.451 e. The minimum Gasteiger partial charge on any atom is -0.451 e. The molecule has 5 atom stereocenters. The Morgan fingerprint density at radius 3 is 2.70 bits per heavy atom. The molecule has 1 aromatic heterocycles. The Morgan fingerprint density at radius 2 is 1.97 bits per heavy atom. The SMILES string of the molecule is Br.CCCN1C[C@H](C2CCCCC2=O)CC2c3cccc4c3c3c(n4C(C)C)C(=O)OC3[C@H]21. The highest BCUT2D eigenvalue weighted by Gasteiger charge is 2.54. The van der Waals surface area contributed by atoms with Gasteiger partial charge in [-0.3, -0.25) is 9.69 Å². The summed E-state index contributed by atoms with van der Waals surface area (Å²) in [6.45, 7) is 8.45. The van der Waals surface area contributed by atoms with Crippen LogP contribution in [0, 0.1) is 11.8 Å². The molecule has 3 heterocycles. The lowest BCUT2D eigenvalue weighted by Crippen LogP contribution is -2.54. The summed E-state index contributed by atoms with van der Waals surface area (Å²) in [6.07, 6.45) is 5.93. The number of fused-ring (bicyclic) bond motifs is 3. The minimum absolute atomic E-state index is 0. The van der Waals surface area contributed by atoms with Crippen molar-refractivity contribution in [3.8, 4) is 0 Å². The second-order valence-corrected chi connectivity index (χ2v) is 10.7. The van der Waals surface area contributed by atoms with Crippen molar-refractivity contribution < 1.29 is 14.3 Å². The molecule has 2 aliphatic carbocycles. The molecule has 6 heteroatoms. The van der Waals surface area contributed by atoms with E-state index in [4.69, 9.17) is 4.74 Å². The van der Waals surface area contributed by atoms with Gasteiger partial charge in [-0.2, -0.15) is 0 Å². The molecular weight excluding hydrogens is 480 g/mol. The van der Waals surface area contributed by atoms with Crippen molar-refractivity contribution >= 4 is 39.6 Å². The highest BCUT2D eigenvalue weighted by molar-refractivity contribution is 8.93. The summed E-state index contributed by atoms with van der Waals surface area (Å²) in [4.78, 5) is 28.6. The van der Waals surface area contributed by atoms with Gasteiger partial charge in [-0.15, -0.1) is 17.0 Å². The van der Waals surface area contributed by atoms with Crippen LogP contribution >= 0.6 is 17.0 Å². The van der Waals surface area contributed by atoms with Crippen LogP contribution in [0.5, 0.6) is 0 Å². The number of likely N-dealkylation sites (tertiary alicyclic amines) is 1. The number of benzene rings is 1. The van der Waals surface area contributed by atoms with Crippen molar-refractivity contribution in [2.75, 3.05) is 13.1 Å². The van der Waals surface area contributed by atoms with Crippen LogP contribution in [-0.4, -0.2) is 40.4 Å². The number of ether oxygens (including phenoxy) is 1. The second kappa shape index (κ2) is 8.53. The van der Waals surface area contributed by atoms with Crippen molar-refractivity contribution in [1.29, 1.82) is 0 Å². The van der Waals surface area contributed by atoms with E-state index < -0.39 is 0 Å². The van der Waals surface area contributed by atoms with Gasteiger partial charge >= 0.3 is 5.97 Å². The Balaban J connectivity index is 0.00000228. The normalized spacial score (nSPS) is 31.0. The molecule has 1 saturated heterocycles. The summed E-state index contributed by atoms with van der Waals surface area (Å²) in [5, 5.41) is 1.25. The molecule has 1 aromatic carbocycles. The number of Topliss-reactive ketones (excluding diaryl/α,β-unsaturated/α-hetero) is 1. The van der Waals surface area contributed by atoms with Crippen LogP contribution in [0.25, 0.3) is 10.9 Å². The van der Waals surface area contributed by atoms with Crippen LogP contribution in [0.3, 0.4) is 0 Å². The molecule has 3 unspecified atom stereocenters. The first-order chi connectivity index (χ1) is 15.5. The van der Waals surface area contributed by atoms with Gasteiger partial charge in [0.25, 0.3) is 0 Å². The number of nitrogens with zero attached hydrogens (tertiary/aromatic N) is 2. The summed E-state index contributed by atoms with van der Waals surface area (Å²) < 4.78 is 8.34. The summed E-state index contributed by atoms with van der Waals surface area (Å²) in [5.41, 5.74) is 4.43. The van der Waals surface area contributed by atoms with Gasteiger partial charge in [0.05, 0.1) is 6.04 Å². The lowest BCUT2D eigenvalue weighted by atomic mass is 9.66. The number of hydrogen-bond acceptors (Lipinski definition) is 4. The molecule has 0 spiro atoms. The first-order valence-corrected chi connectivity index (χ1v) is 12.7. The number of carbonyl (C=O) groups is 2. The number of halogens is 1. The van der Waals surface area contributed by atoms with Gasteiger partial charge in [-0.1, -0.05) is 25.5 Å². The van der Waals surface area contributed by atoms with Gasteiger partial charge in [-0.25, -0.2) is 4.79 Å². The Kier molecular flexibility index (Phi) is 5.97. The van der Waals surface area contributed by atoms with E-state index in [9.17, 15) is 9.59 Å². The molecule has 0 N–H and O–H groups in total. The predicted molar refractivity (Wildman–Crippen MR) is 134 cm³/mol. The molecular formula is C27H35BrN2O3. The first-order valence-electron chi connectivity index (χ1n) is 12.7. The van der Waals surface area contributed by atoms with Gasteiger partial charge in [0.2, 0.25) is 0 Å². The average molecular weight is 515 g/mol. The fourth-order valence-corrected chi connectivity index (χ4v) is 7.48. The maximum atomic E-state index is 13.1. The zero-order valence-corrected chi connectivity index (χ0v) is 21.6. The topological polar surface area (TPSA) is 51.5 Å². The Morgan fingerprint density at radius 1 is 1.15 bits per heavy atom. The fraction of sp³-hybridized carbons (Fsp3) is 0.630. The van der Waals surface area contributed by atoms with E-state index in [2.05, 4.69) is 48.4 Å². The molecule has 2 aliphatic heterocycles. The number of aromatic nitrogens is 1. The third-order valence-corrected chi connectivity index (χ3v) is 8.58. The second-order valence-electron chi connectivity index (χ2n) is 10.7. The lowest BCUT2D eigenvalue weighted by molar-refractivity contribution is -0.128. The van der Waals surface area contributed by atoms with Crippen LogP contribution in [0.2, 0.25) is 0 Å². The Bertz CT molecular complexity index is 1110. The zero-order valence-electron chi connectivity index (χ0n) is 19.9. The molecule has 0 radical (unpaired) electrons. The number of rotatable bonds is 4. The van der Waals surface area contributed by atoms with Crippen molar-refractivity contribution in [3.05, 3.63) is 35.0 Å². The smallest absolute Gasteiger partial charge is 0.356 e. The van der Waals surface area contributed by atoms with E-state index in [1.54, 1.807) is 0 Å². The molecule has 0 bridgehead atoms. The van der Waals surface area contributed by atoms with Gasteiger partial charge in [0, 0.05) is 47.3 Å². The van der Waals surface area contributed by atoms with E-state index in [1.807, 2.05) is 0 Å². The number of ketones is 1. The highest BCUT2D eigenvalue weighted by Crippen LogP contribution is 2.56. The van der Waals surface area contributed by atoms with Gasteiger partial charge < -0.3 is 9.30 Å². The lowest BCUT2D eigenvalue weighted by Gasteiger charge is -2.50. The van der Waals surface area contributed by atoms with Crippen LogP contribution < -0.4 is 0 Å². The van der Waals surface area contributed by atoms with Crippen LogP contribution in [0.4, 0.5) is 0 Å². The molecule has 0 amide bonds. The molecule has 1 saturated carbocycles. The van der Waals surface area contributed by atoms with Crippen molar-refractivity contribution in [1.82, 2.24) is 9.47 Å². The van der Waals surface area contributed by atoms with Gasteiger partial charge in [0.1, 0.15) is 17.6 Å². The van der Waals surface area contributed by atoms with Crippen LogP contribution in [0.1, 0.15) is 99.0 Å². The van der Waals surface area contributed by atoms with E-state index >= 15 is 0 Å². The average Bonchev–Trinajstić information content (AvgIpc) is 3.29. The number of esters is 1. The predicted octanol–water partition coefficient (Wildman–Crippen LogP) is 5.97. The quantitative estimate of drug-likeness (QED) is 0.471. The summed E-state index contributed by atoms with van der Waals surface area (Å²) in [5.74, 6) is 1.22. The van der Waals surface area contributed by atoms with Crippen molar-refractivity contribution in [2.45, 2.75) is 83.4 Å². The van der Waals surface area contributed by atoms with Gasteiger partial charge in [-0.05, 0) is 63.6 Å². The molecule has 178 valence electrons. The molecule has 33 heavy (non-hydrogen) atoms. The maximum absolute atomic E-state index is 13.1. The third-order valence-electron chi connectivity index (χ3n) is 8.58. The van der Waals surface area contributed by atoms with E-state index in [0.717, 1.165) is 56.5 Å². The number of piperidine rings is 1. The zero-order chi connectivity index (χ0) is 22.1. The maximum Gasteiger partial charge on any atom is 0.356 e. The Hall–Kier alpha value is -1.66. The monoisotopic (exact) mass is 514 g/mol. The molecule has 4 aliphatic rings. The summed E-state index contributed by atoms with van der Waals surface area (Å²) in [6, 6.07) is 6.97. The highest BCUT2D eigenvalue weighted by atomic mass is 79.9. The third kappa shape index (κ3) is 3.27. The van der Waals surface area contributed by atoms with Crippen molar-refractivity contribution in [3.63, 3.8) is 0 Å². The van der Waals surface area contributed by atoms with E-state index in [-0.39, 0.29) is 47.1 Å². The Labute approximate surface area is 206 Å². The number of carbonyl (C=O) groups excluding carboxylic acids is 2.